The maximum absolute atomic E-state index is 10.8. The SMILES string of the molecule is N#Cc1cc(Br)ccc1Nc1ccc([N+](=O)[O-])c(C#N)c1. The van der Waals surface area contributed by atoms with E-state index >= 15 is 0 Å². The second-order valence-electron chi connectivity index (χ2n) is 4.03. The zero-order valence-corrected chi connectivity index (χ0v) is 12.1. The van der Waals surface area contributed by atoms with E-state index in [9.17, 15) is 10.1 Å². The molecule has 21 heavy (non-hydrogen) atoms. The van der Waals surface area contributed by atoms with Crippen LogP contribution >= 0.6 is 15.9 Å². The van der Waals surface area contributed by atoms with Crippen molar-refractivity contribution in [2.24, 2.45) is 0 Å². The van der Waals surface area contributed by atoms with E-state index in [0.717, 1.165) is 4.47 Å². The Labute approximate surface area is 128 Å². The highest BCUT2D eigenvalue weighted by Gasteiger charge is 2.14. The fraction of sp³-hybridized carbons (Fsp3) is 0. The largest absolute Gasteiger partial charge is 0.354 e. The van der Waals surface area contributed by atoms with Gasteiger partial charge in [-0.25, -0.2) is 0 Å². The number of anilines is 2. The molecule has 2 aromatic rings. The molecule has 0 saturated heterocycles. The lowest BCUT2D eigenvalue weighted by molar-refractivity contribution is -0.385. The predicted octanol–water partition coefficient (Wildman–Crippen LogP) is 3.84. The van der Waals surface area contributed by atoms with E-state index in [0.29, 0.717) is 16.9 Å². The van der Waals surface area contributed by atoms with Gasteiger partial charge in [-0.3, -0.25) is 10.1 Å². The van der Waals surface area contributed by atoms with Crippen LogP contribution in [0.15, 0.2) is 40.9 Å². The number of rotatable bonds is 3. The standard InChI is InChI=1S/C14H7BrN4O2/c15-11-1-3-13(9(5-11)7-16)18-12-2-4-14(19(20)21)10(6-12)8-17/h1-6,18H. The highest BCUT2D eigenvalue weighted by atomic mass is 79.9. The molecule has 1 N–H and O–H groups in total. The molecule has 6 nitrogen and oxygen atoms in total. The van der Waals surface area contributed by atoms with Crippen molar-refractivity contribution < 1.29 is 4.92 Å². The van der Waals surface area contributed by atoms with Crippen LogP contribution in [0, 0.1) is 32.8 Å². The average molecular weight is 343 g/mol. The second-order valence-corrected chi connectivity index (χ2v) is 4.94. The highest BCUT2D eigenvalue weighted by Crippen LogP contribution is 2.27. The van der Waals surface area contributed by atoms with Gasteiger partial charge in [0.1, 0.15) is 17.7 Å². The normalized spacial score (nSPS) is 9.48. The number of nitriles is 2. The number of hydrogen-bond acceptors (Lipinski definition) is 5. The molecule has 0 spiro atoms. The monoisotopic (exact) mass is 342 g/mol. The molecule has 0 unspecified atom stereocenters. The first kappa shape index (κ1) is 14.5. The molecular formula is C14H7BrN4O2. The molecule has 0 radical (unpaired) electrons. The topological polar surface area (TPSA) is 103 Å². The molecule has 2 rings (SSSR count). The Bertz CT molecular complexity index is 806. The average Bonchev–Trinajstić information content (AvgIpc) is 2.48. The van der Waals surface area contributed by atoms with Crippen LogP contribution in [0.5, 0.6) is 0 Å². The first-order chi connectivity index (χ1) is 10.0. The minimum atomic E-state index is -0.608. The number of nitrogens with one attached hydrogen (secondary N) is 1. The van der Waals surface area contributed by atoms with Gasteiger partial charge in [0.25, 0.3) is 5.69 Å². The molecule has 0 aliphatic rings. The van der Waals surface area contributed by atoms with Crippen molar-refractivity contribution in [2.45, 2.75) is 0 Å². The van der Waals surface area contributed by atoms with Crippen LogP contribution in [-0.2, 0) is 0 Å². The van der Waals surface area contributed by atoms with Crippen molar-refractivity contribution >= 4 is 33.0 Å². The van der Waals surface area contributed by atoms with E-state index < -0.39 is 4.92 Å². The Hall–Kier alpha value is -2.90. The van der Waals surface area contributed by atoms with Gasteiger partial charge in [0.2, 0.25) is 0 Å². The van der Waals surface area contributed by atoms with E-state index in [2.05, 4.69) is 21.2 Å². The van der Waals surface area contributed by atoms with E-state index in [1.807, 2.05) is 6.07 Å². The van der Waals surface area contributed by atoms with Crippen LogP contribution in [0.1, 0.15) is 11.1 Å². The summed E-state index contributed by atoms with van der Waals surface area (Å²) < 4.78 is 0.769. The first-order valence-corrected chi connectivity index (χ1v) is 6.49. The summed E-state index contributed by atoms with van der Waals surface area (Å²) in [5.74, 6) is 0. The van der Waals surface area contributed by atoms with E-state index in [1.165, 1.54) is 18.2 Å². The molecule has 0 heterocycles. The zero-order chi connectivity index (χ0) is 15.4. The van der Waals surface area contributed by atoms with E-state index in [4.69, 9.17) is 10.5 Å². The smallest absolute Gasteiger partial charge is 0.287 e. The van der Waals surface area contributed by atoms with Gasteiger partial charge in [-0.15, -0.1) is 0 Å². The molecular weight excluding hydrogens is 336 g/mol. The third-order valence-electron chi connectivity index (χ3n) is 2.69. The summed E-state index contributed by atoms with van der Waals surface area (Å²) in [5, 5.41) is 31.8. The van der Waals surface area contributed by atoms with Crippen LogP contribution in [0.25, 0.3) is 0 Å². The fourth-order valence-corrected chi connectivity index (χ4v) is 2.10. The van der Waals surface area contributed by atoms with Crippen molar-refractivity contribution in [2.75, 3.05) is 5.32 Å². The van der Waals surface area contributed by atoms with Crippen molar-refractivity contribution in [3.05, 3.63) is 62.1 Å². The fourth-order valence-electron chi connectivity index (χ4n) is 1.74. The van der Waals surface area contributed by atoms with Crippen molar-refractivity contribution in [3.63, 3.8) is 0 Å². The highest BCUT2D eigenvalue weighted by molar-refractivity contribution is 9.10. The van der Waals surface area contributed by atoms with Crippen molar-refractivity contribution in [1.29, 1.82) is 10.5 Å². The molecule has 0 atom stereocenters. The second kappa shape index (κ2) is 6.04. The first-order valence-electron chi connectivity index (χ1n) is 5.70. The third kappa shape index (κ3) is 3.16. The molecule has 0 aliphatic heterocycles. The van der Waals surface area contributed by atoms with E-state index in [-0.39, 0.29) is 11.3 Å². The predicted molar refractivity (Wildman–Crippen MR) is 80.0 cm³/mol. The van der Waals surface area contributed by atoms with Crippen molar-refractivity contribution in [3.8, 4) is 12.1 Å². The van der Waals surface area contributed by atoms with Crippen LogP contribution in [0.3, 0.4) is 0 Å². The number of nitrogens with zero attached hydrogens (tertiary/aromatic N) is 3. The Balaban J connectivity index is 2.40. The van der Waals surface area contributed by atoms with Crippen LogP contribution < -0.4 is 5.32 Å². The third-order valence-corrected chi connectivity index (χ3v) is 3.19. The summed E-state index contributed by atoms with van der Waals surface area (Å²) in [6, 6.07) is 13.1. The Kier molecular flexibility index (Phi) is 4.17. The summed E-state index contributed by atoms with van der Waals surface area (Å²) in [4.78, 5) is 10.2. The number of hydrogen-bond donors (Lipinski definition) is 1. The molecule has 2 aromatic carbocycles. The molecule has 102 valence electrons. The summed E-state index contributed by atoms with van der Waals surface area (Å²) in [5.41, 5.74) is 1.18. The minimum absolute atomic E-state index is 0.0411. The van der Waals surface area contributed by atoms with Gasteiger partial charge in [0, 0.05) is 16.2 Å². The summed E-state index contributed by atoms with van der Waals surface area (Å²) >= 11 is 3.27. The van der Waals surface area contributed by atoms with Crippen LogP contribution in [0.4, 0.5) is 17.1 Å². The molecule has 0 saturated carbocycles. The Morgan fingerprint density at radius 2 is 1.81 bits per heavy atom. The number of benzene rings is 2. The summed E-state index contributed by atoms with van der Waals surface area (Å²) in [6.07, 6.45) is 0. The molecule has 0 aromatic heterocycles. The van der Waals surface area contributed by atoms with Crippen LogP contribution in [0.2, 0.25) is 0 Å². The molecule has 0 amide bonds. The molecule has 0 aliphatic carbocycles. The minimum Gasteiger partial charge on any atom is -0.354 e. The van der Waals surface area contributed by atoms with Gasteiger partial charge < -0.3 is 5.32 Å². The van der Waals surface area contributed by atoms with Crippen LogP contribution in [-0.4, -0.2) is 4.92 Å². The van der Waals surface area contributed by atoms with Crippen molar-refractivity contribution in [1.82, 2.24) is 0 Å². The summed E-state index contributed by atoms with van der Waals surface area (Å²) in [7, 11) is 0. The lowest BCUT2D eigenvalue weighted by atomic mass is 10.1. The number of nitro benzene ring substituents is 1. The maximum atomic E-state index is 10.8. The Morgan fingerprint density at radius 3 is 2.43 bits per heavy atom. The van der Waals surface area contributed by atoms with Gasteiger partial charge in [0.05, 0.1) is 16.2 Å². The quantitative estimate of drug-likeness (QED) is 0.674. The summed E-state index contributed by atoms with van der Waals surface area (Å²) in [6.45, 7) is 0. The maximum Gasteiger partial charge on any atom is 0.287 e. The van der Waals surface area contributed by atoms with Gasteiger partial charge >= 0.3 is 0 Å². The number of halogens is 1. The Morgan fingerprint density at radius 1 is 1.10 bits per heavy atom. The van der Waals surface area contributed by atoms with Gasteiger partial charge in [-0.1, -0.05) is 15.9 Å². The molecule has 7 heteroatoms. The molecule has 0 fully saturated rings. The van der Waals surface area contributed by atoms with E-state index in [1.54, 1.807) is 24.3 Å². The lowest BCUT2D eigenvalue weighted by Crippen LogP contribution is -1.97. The van der Waals surface area contributed by atoms with Gasteiger partial charge in [-0.05, 0) is 30.3 Å². The zero-order valence-electron chi connectivity index (χ0n) is 10.5. The number of nitro groups is 1. The molecule has 0 bridgehead atoms. The lowest BCUT2D eigenvalue weighted by Gasteiger charge is -2.09. The van der Waals surface area contributed by atoms with Gasteiger partial charge in [0.15, 0.2) is 0 Å². The van der Waals surface area contributed by atoms with Gasteiger partial charge in [-0.2, -0.15) is 10.5 Å².